The molecule has 8 rings (SSSR count). The molecule has 50 heavy (non-hydrogen) atoms. The van der Waals surface area contributed by atoms with Gasteiger partial charge in [0.15, 0.2) is 0 Å². The van der Waals surface area contributed by atoms with E-state index in [2.05, 4.69) is 61.6 Å². The number of pyridine rings is 2. The van der Waals surface area contributed by atoms with Crippen molar-refractivity contribution in [2.24, 2.45) is 10.8 Å². The normalized spacial score (nSPS) is 15.6. The maximum Gasteiger partial charge on any atom is 0.261 e. The van der Waals surface area contributed by atoms with Crippen molar-refractivity contribution in [2.75, 3.05) is 0 Å². The molecule has 6 aromatic rings. The van der Waals surface area contributed by atoms with E-state index in [1.807, 2.05) is 76.0 Å². The molecular formula is C42H42N6O2. The first-order chi connectivity index (χ1) is 24.0. The number of hydrogen-bond acceptors (Lipinski definition) is 6. The van der Waals surface area contributed by atoms with Crippen LogP contribution in [0.4, 0.5) is 0 Å². The minimum atomic E-state index is 0.0528. The Bertz CT molecular complexity index is 2380. The second-order valence-corrected chi connectivity index (χ2v) is 15.0. The zero-order valence-corrected chi connectivity index (χ0v) is 29.2. The Balaban J connectivity index is 0.000000157. The van der Waals surface area contributed by atoms with Gasteiger partial charge in [-0.3, -0.25) is 23.7 Å². The quantitative estimate of drug-likeness (QED) is 0.196. The van der Waals surface area contributed by atoms with Gasteiger partial charge in [0.1, 0.15) is 17.3 Å². The number of nitrogens with zero attached hydrogens (tertiary/aromatic N) is 6. The third kappa shape index (κ3) is 7.28. The summed E-state index contributed by atoms with van der Waals surface area (Å²) in [6.07, 6.45) is 9.17. The number of benzene rings is 2. The molecule has 0 atom stereocenters. The fourth-order valence-corrected chi connectivity index (χ4v) is 6.83. The van der Waals surface area contributed by atoms with Crippen molar-refractivity contribution in [1.29, 1.82) is 0 Å². The highest BCUT2D eigenvalue weighted by molar-refractivity contribution is 5.80. The first-order valence-corrected chi connectivity index (χ1v) is 17.4. The van der Waals surface area contributed by atoms with E-state index < -0.39 is 0 Å². The SMILES string of the molecule is CC1(C)CCc2nc3cc(C#Cc4ccccn4)ccc3c(=O)n2C1.CC1(C)CCc2nc3cc(CCc4ccccn4)ccc3c(=O)n2C1. The lowest BCUT2D eigenvalue weighted by Gasteiger charge is -2.31. The number of hydrogen-bond donors (Lipinski definition) is 0. The summed E-state index contributed by atoms with van der Waals surface area (Å²) in [5.41, 5.74) is 5.86. The zero-order valence-electron chi connectivity index (χ0n) is 29.2. The van der Waals surface area contributed by atoms with Gasteiger partial charge in [0.2, 0.25) is 0 Å². The predicted molar refractivity (Wildman–Crippen MR) is 198 cm³/mol. The van der Waals surface area contributed by atoms with Crippen LogP contribution in [0.1, 0.15) is 74.7 Å². The highest BCUT2D eigenvalue weighted by Crippen LogP contribution is 2.30. The molecule has 8 heteroatoms. The first kappa shape index (κ1) is 33.1. The van der Waals surface area contributed by atoms with Crippen LogP contribution in [0.3, 0.4) is 0 Å². The van der Waals surface area contributed by atoms with Gasteiger partial charge in [0.25, 0.3) is 11.1 Å². The molecule has 0 aliphatic carbocycles. The standard InChI is InChI=1S/C21H23N3O.C21H19N3O/c2*1-21(2)11-10-19-23-18-13-15(6-8-16-5-3-4-12-22-16)7-9-17(18)20(25)24(19)14-21/h3-5,7,9,12-13H,6,8,10-11,14H2,1-2H3;3-5,7,9,12-13H,10-11,14H2,1-2H3. The van der Waals surface area contributed by atoms with Crippen LogP contribution < -0.4 is 11.1 Å². The zero-order chi connectivity index (χ0) is 34.9. The minimum Gasteiger partial charge on any atom is -0.296 e. The summed E-state index contributed by atoms with van der Waals surface area (Å²) >= 11 is 0. The second-order valence-electron chi connectivity index (χ2n) is 15.0. The van der Waals surface area contributed by atoms with Crippen molar-refractivity contribution in [3.05, 3.63) is 140 Å². The molecule has 2 aromatic carbocycles. The summed E-state index contributed by atoms with van der Waals surface area (Å²) in [7, 11) is 0. The Hall–Kier alpha value is -5.42. The third-order valence-electron chi connectivity index (χ3n) is 9.75. The van der Waals surface area contributed by atoms with E-state index >= 15 is 0 Å². The van der Waals surface area contributed by atoms with Crippen LogP contribution in [-0.4, -0.2) is 29.1 Å². The van der Waals surface area contributed by atoms with Gasteiger partial charge < -0.3 is 0 Å². The Labute approximate surface area is 292 Å². The van der Waals surface area contributed by atoms with Crippen LogP contribution in [0.25, 0.3) is 21.8 Å². The maximum atomic E-state index is 12.9. The first-order valence-electron chi connectivity index (χ1n) is 17.4. The van der Waals surface area contributed by atoms with E-state index in [1.54, 1.807) is 6.20 Å². The topological polar surface area (TPSA) is 95.6 Å². The highest BCUT2D eigenvalue weighted by atomic mass is 16.1. The van der Waals surface area contributed by atoms with Gasteiger partial charge >= 0.3 is 0 Å². The molecule has 0 saturated heterocycles. The van der Waals surface area contributed by atoms with Crippen molar-refractivity contribution >= 4 is 21.8 Å². The average molecular weight is 663 g/mol. The lowest BCUT2D eigenvalue weighted by atomic mass is 9.85. The molecule has 0 radical (unpaired) electrons. The van der Waals surface area contributed by atoms with Gasteiger partial charge in [0, 0.05) is 49.6 Å². The molecule has 0 amide bonds. The summed E-state index contributed by atoms with van der Waals surface area (Å²) in [4.78, 5) is 43.8. The summed E-state index contributed by atoms with van der Waals surface area (Å²) in [5, 5.41) is 1.38. The Morgan fingerprint density at radius 2 is 1.26 bits per heavy atom. The van der Waals surface area contributed by atoms with Crippen molar-refractivity contribution < 1.29 is 0 Å². The van der Waals surface area contributed by atoms with Crippen LogP contribution >= 0.6 is 0 Å². The number of rotatable bonds is 3. The molecular weight excluding hydrogens is 621 g/mol. The van der Waals surface area contributed by atoms with Crippen LogP contribution in [-0.2, 0) is 38.8 Å². The van der Waals surface area contributed by atoms with E-state index in [4.69, 9.17) is 9.97 Å². The molecule has 2 aliphatic rings. The lowest BCUT2D eigenvalue weighted by Crippen LogP contribution is -2.36. The highest BCUT2D eigenvalue weighted by Gasteiger charge is 2.28. The maximum absolute atomic E-state index is 12.9. The second kappa shape index (κ2) is 13.5. The summed E-state index contributed by atoms with van der Waals surface area (Å²) in [6.45, 7) is 10.3. The summed E-state index contributed by atoms with van der Waals surface area (Å²) in [5.74, 6) is 7.96. The van der Waals surface area contributed by atoms with Crippen LogP contribution in [0.5, 0.6) is 0 Å². The van der Waals surface area contributed by atoms with Crippen LogP contribution in [0.2, 0.25) is 0 Å². The third-order valence-corrected chi connectivity index (χ3v) is 9.75. The van der Waals surface area contributed by atoms with Crippen molar-refractivity contribution in [2.45, 2.75) is 79.3 Å². The van der Waals surface area contributed by atoms with Crippen molar-refractivity contribution in [3.63, 3.8) is 0 Å². The van der Waals surface area contributed by atoms with E-state index in [-0.39, 0.29) is 21.9 Å². The summed E-state index contributed by atoms with van der Waals surface area (Å²) in [6, 6.07) is 23.3. The average Bonchev–Trinajstić information content (AvgIpc) is 3.11. The van der Waals surface area contributed by atoms with E-state index in [9.17, 15) is 9.59 Å². The van der Waals surface area contributed by atoms with E-state index in [0.717, 1.165) is 96.6 Å². The molecule has 4 aromatic heterocycles. The molecule has 0 fully saturated rings. The van der Waals surface area contributed by atoms with Gasteiger partial charge in [-0.15, -0.1) is 0 Å². The van der Waals surface area contributed by atoms with Crippen molar-refractivity contribution in [3.8, 4) is 11.8 Å². The Morgan fingerprint density at radius 1 is 0.660 bits per heavy atom. The number of fused-ring (bicyclic) bond motifs is 4. The van der Waals surface area contributed by atoms with Gasteiger partial charge in [-0.25, -0.2) is 15.0 Å². The largest absolute Gasteiger partial charge is 0.296 e. The van der Waals surface area contributed by atoms with Gasteiger partial charge in [-0.1, -0.05) is 51.8 Å². The van der Waals surface area contributed by atoms with E-state index in [0.29, 0.717) is 5.39 Å². The molecule has 0 saturated carbocycles. The molecule has 252 valence electrons. The molecule has 0 spiro atoms. The smallest absolute Gasteiger partial charge is 0.261 e. The molecule has 8 nitrogen and oxygen atoms in total. The summed E-state index contributed by atoms with van der Waals surface area (Å²) < 4.78 is 3.71. The minimum absolute atomic E-state index is 0.0528. The van der Waals surface area contributed by atoms with Gasteiger partial charge in [-0.05, 0) is 103 Å². The molecule has 2 aliphatic heterocycles. The molecule has 0 unspecified atom stereocenters. The monoisotopic (exact) mass is 662 g/mol. The fraction of sp³-hybridized carbons (Fsp3) is 0.333. The Morgan fingerprint density at radius 3 is 1.86 bits per heavy atom. The van der Waals surface area contributed by atoms with Crippen LogP contribution in [0, 0.1) is 22.7 Å². The number of aromatic nitrogens is 6. The van der Waals surface area contributed by atoms with Gasteiger partial charge in [-0.2, -0.15) is 0 Å². The van der Waals surface area contributed by atoms with Crippen molar-refractivity contribution in [1.82, 2.24) is 29.1 Å². The fourth-order valence-electron chi connectivity index (χ4n) is 6.83. The van der Waals surface area contributed by atoms with E-state index in [1.165, 1.54) is 5.56 Å². The van der Waals surface area contributed by atoms with Crippen LogP contribution in [0.15, 0.2) is 94.8 Å². The number of aryl methyl sites for hydroxylation is 4. The molecule has 0 N–H and O–H groups in total. The van der Waals surface area contributed by atoms with Gasteiger partial charge in [0.05, 0.1) is 21.8 Å². The predicted octanol–water partition coefficient (Wildman–Crippen LogP) is 6.71. The Kier molecular flexibility index (Phi) is 8.92. The lowest BCUT2D eigenvalue weighted by molar-refractivity contribution is 0.240. The molecule has 6 heterocycles. The molecule has 0 bridgehead atoms.